The van der Waals surface area contributed by atoms with Crippen molar-refractivity contribution in [1.82, 2.24) is 25.1 Å². The van der Waals surface area contributed by atoms with Gasteiger partial charge < -0.3 is 25.8 Å². The first-order chi connectivity index (χ1) is 22.8. The Morgan fingerprint density at radius 3 is 2.48 bits per heavy atom. The number of ether oxygens (including phenoxy) is 1. The van der Waals surface area contributed by atoms with Crippen LogP contribution in [0.4, 0.5) is 29.3 Å². The Kier molecular flexibility index (Phi) is 8.98. The van der Waals surface area contributed by atoms with Gasteiger partial charge in [-0.2, -0.15) is 28.2 Å². The van der Waals surface area contributed by atoms with Gasteiger partial charge in [-0.05, 0) is 73.4 Å². The molecule has 6 rings (SSSR count). The molecular formula is C33H34ClF4N7O3. The first kappa shape index (κ1) is 33.5. The van der Waals surface area contributed by atoms with Crippen LogP contribution < -0.4 is 20.7 Å². The summed E-state index contributed by atoms with van der Waals surface area (Å²) in [5.74, 6) is -1.86. The first-order valence-corrected chi connectivity index (χ1v) is 15.9. The third kappa shape index (κ3) is 6.63. The molecule has 48 heavy (non-hydrogen) atoms. The van der Waals surface area contributed by atoms with Gasteiger partial charge >= 0.3 is 12.1 Å². The number of hydrogen-bond donors (Lipinski definition) is 3. The number of anilines is 2. The zero-order valence-corrected chi connectivity index (χ0v) is 26.9. The van der Waals surface area contributed by atoms with E-state index in [0.717, 1.165) is 6.42 Å². The van der Waals surface area contributed by atoms with Gasteiger partial charge in [0.2, 0.25) is 17.9 Å². The second-order valence-corrected chi connectivity index (χ2v) is 12.7. The average Bonchev–Trinajstić information content (AvgIpc) is 3.64. The molecule has 0 amide bonds. The van der Waals surface area contributed by atoms with Crippen LogP contribution in [0.5, 0.6) is 5.88 Å². The summed E-state index contributed by atoms with van der Waals surface area (Å²) >= 11 is 5.84. The van der Waals surface area contributed by atoms with Gasteiger partial charge in [-0.25, -0.2) is 9.07 Å². The van der Waals surface area contributed by atoms with E-state index in [2.05, 4.69) is 20.4 Å². The predicted molar refractivity (Wildman–Crippen MR) is 172 cm³/mol. The zero-order chi connectivity index (χ0) is 34.4. The molecule has 3 atom stereocenters. The van der Waals surface area contributed by atoms with Gasteiger partial charge in [-0.15, -0.1) is 0 Å². The Morgan fingerprint density at radius 1 is 1.15 bits per heavy atom. The normalized spacial score (nSPS) is 19.9. The fourth-order valence-corrected chi connectivity index (χ4v) is 7.04. The van der Waals surface area contributed by atoms with Crippen molar-refractivity contribution >= 4 is 29.3 Å². The standard InChI is InChI=1S/C33H34ClF4N7O3/c1-3-26-32(17-24(40-26)30(46)47)9-12-44(13-10-32)27-16-28(42-31(39)41-27)48-29(33(36,37)38)21-6-4-20(19-5-7-22(34)23(35)14-19)15-25(21)45-11-8-18(2)43-45/h4-8,11,14-16,24,26,29,40H,3,9-10,12-13,17H2,1-2H3,(H,46,47)(H2,39,41,42)/t24?,26?,29-/m1/s1. The number of aliphatic carboxylic acids is 1. The number of nitrogens with zero attached hydrogens (tertiary/aromatic N) is 5. The Labute approximate surface area is 278 Å². The van der Waals surface area contributed by atoms with Crippen molar-refractivity contribution in [2.45, 2.75) is 63.9 Å². The fraction of sp³-hybridized carbons (Fsp3) is 0.394. The highest BCUT2D eigenvalue weighted by atomic mass is 35.5. The van der Waals surface area contributed by atoms with Crippen molar-refractivity contribution in [1.29, 1.82) is 0 Å². The van der Waals surface area contributed by atoms with E-state index in [9.17, 15) is 27.5 Å². The van der Waals surface area contributed by atoms with Crippen LogP contribution >= 0.6 is 11.6 Å². The number of nitrogens with two attached hydrogens (primary N) is 1. The van der Waals surface area contributed by atoms with Gasteiger partial charge in [0.1, 0.15) is 17.7 Å². The van der Waals surface area contributed by atoms with E-state index in [1.165, 1.54) is 47.3 Å². The minimum absolute atomic E-state index is 0.0422. The quantitative estimate of drug-likeness (QED) is 0.178. The minimum Gasteiger partial charge on any atom is -0.480 e. The van der Waals surface area contributed by atoms with Crippen molar-refractivity contribution < 1.29 is 32.2 Å². The largest absolute Gasteiger partial charge is 0.480 e. The molecular weight excluding hydrogens is 654 g/mol. The first-order valence-electron chi connectivity index (χ1n) is 15.5. The Hall–Kier alpha value is -4.43. The number of alkyl halides is 3. The zero-order valence-electron chi connectivity index (χ0n) is 26.1. The molecule has 2 aromatic carbocycles. The number of carboxylic acid groups (broad SMARTS) is 1. The third-order valence-corrected chi connectivity index (χ3v) is 9.63. The number of aromatic nitrogens is 4. The van der Waals surface area contributed by atoms with Crippen molar-refractivity contribution in [3.8, 4) is 22.7 Å². The Balaban J connectivity index is 1.31. The number of nitrogen functional groups attached to an aromatic ring is 1. The van der Waals surface area contributed by atoms with Gasteiger partial charge in [-0.1, -0.05) is 36.7 Å². The Morgan fingerprint density at radius 2 is 1.85 bits per heavy atom. The smallest absolute Gasteiger partial charge is 0.429 e. The number of piperidine rings is 1. The van der Waals surface area contributed by atoms with Crippen LogP contribution in [0.25, 0.3) is 16.8 Å². The highest BCUT2D eigenvalue weighted by molar-refractivity contribution is 6.30. The number of aryl methyl sites for hydroxylation is 1. The molecule has 0 saturated carbocycles. The molecule has 0 aliphatic carbocycles. The van der Waals surface area contributed by atoms with Crippen LogP contribution in [-0.4, -0.2) is 62.2 Å². The van der Waals surface area contributed by atoms with Crippen molar-refractivity contribution in [3.63, 3.8) is 0 Å². The average molecular weight is 688 g/mol. The summed E-state index contributed by atoms with van der Waals surface area (Å²) in [5.41, 5.74) is 7.01. The van der Waals surface area contributed by atoms with E-state index in [1.807, 2.05) is 11.8 Å². The number of halogens is 5. The van der Waals surface area contributed by atoms with Gasteiger partial charge in [-0.3, -0.25) is 4.79 Å². The number of rotatable bonds is 8. The molecule has 2 aliphatic heterocycles. The van der Waals surface area contributed by atoms with Crippen molar-refractivity contribution in [2.24, 2.45) is 5.41 Å². The summed E-state index contributed by atoms with van der Waals surface area (Å²) in [5, 5.41) is 17.1. The minimum atomic E-state index is -4.90. The lowest BCUT2D eigenvalue weighted by atomic mass is 9.71. The molecule has 1 spiro atoms. The molecule has 2 saturated heterocycles. The van der Waals surface area contributed by atoms with E-state index < -0.39 is 30.1 Å². The molecule has 0 radical (unpaired) electrons. The second-order valence-electron chi connectivity index (χ2n) is 12.3. The number of carbonyl (C=O) groups is 1. The van der Waals surface area contributed by atoms with Crippen LogP contribution in [0.15, 0.2) is 54.7 Å². The second kappa shape index (κ2) is 12.9. The molecule has 2 aromatic heterocycles. The van der Waals surface area contributed by atoms with Gasteiger partial charge in [0.05, 0.1) is 16.4 Å². The van der Waals surface area contributed by atoms with E-state index in [1.54, 1.807) is 19.1 Å². The van der Waals surface area contributed by atoms with Crippen LogP contribution in [0.3, 0.4) is 0 Å². The molecule has 15 heteroatoms. The molecule has 10 nitrogen and oxygen atoms in total. The summed E-state index contributed by atoms with van der Waals surface area (Å²) in [6.45, 7) is 4.72. The van der Waals surface area contributed by atoms with Crippen LogP contribution in [-0.2, 0) is 4.79 Å². The van der Waals surface area contributed by atoms with Crippen LogP contribution in [0.1, 0.15) is 50.0 Å². The van der Waals surface area contributed by atoms with Gasteiger partial charge in [0.15, 0.2) is 0 Å². The summed E-state index contributed by atoms with van der Waals surface area (Å²) in [7, 11) is 0. The SMILES string of the molecule is CCC1NC(C(=O)O)CC12CCN(c1cc(O[C@H](c3ccc(-c4ccc(Cl)c(F)c4)cc3-n3ccc(C)n3)C(F)(F)F)nc(N)n1)CC2. The summed E-state index contributed by atoms with van der Waals surface area (Å²) in [6, 6.07) is 10.7. The summed E-state index contributed by atoms with van der Waals surface area (Å²) in [4.78, 5) is 21.9. The topological polar surface area (TPSA) is 131 Å². The molecule has 254 valence electrons. The van der Waals surface area contributed by atoms with Gasteiger partial charge in [0.25, 0.3) is 0 Å². The third-order valence-electron chi connectivity index (χ3n) is 9.32. The number of benzene rings is 2. The number of nitrogens with one attached hydrogen (secondary N) is 1. The van der Waals surface area contributed by atoms with Crippen LogP contribution in [0.2, 0.25) is 5.02 Å². The van der Waals surface area contributed by atoms with E-state index >= 15 is 0 Å². The lowest BCUT2D eigenvalue weighted by Gasteiger charge is -2.43. The lowest BCUT2D eigenvalue weighted by molar-refractivity contribution is -0.198. The van der Waals surface area contributed by atoms with Crippen LogP contribution in [0, 0.1) is 18.2 Å². The molecule has 4 N–H and O–H groups in total. The molecule has 2 unspecified atom stereocenters. The van der Waals surface area contributed by atoms with Crippen molar-refractivity contribution in [3.05, 3.63) is 76.8 Å². The number of hydrogen-bond acceptors (Lipinski definition) is 8. The Bertz CT molecular complexity index is 1830. The van der Waals surface area contributed by atoms with Crippen molar-refractivity contribution in [2.75, 3.05) is 23.7 Å². The highest BCUT2D eigenvalue weighted by Gasteiger charge is 2.50. The fourth-order valence-electron chi connectivity index (χ4n) is 6.92. The molecule has 2 aliphatic rings. The predicted octanol–water partition coefficient (Wildman–Crippen LogP) is 6.51. The molecule has 4 heterocycles. The summed E-state index contributed by atoms with van der Waals surface area (Å²) < 4.78 is 65.7. The molecule has 2 fully saturated rings. The van der Waals surface area contributed by atoms with E-state index in [4.69, 9.17) is 22.1 Å². The highest BCUT2D eigenvalue weighted by Crippen LogP contribution is 2.46. The maximum Gasteiger partial charge on any atom is 0.429 e. The monoisotopic (exact) mass is 687 g/mol. The molecule has 4 aromatic rings. The molecule has 0 bridgehead atoms. The van der Waals surface area contributed by atoms with Gasteiger partial charge in [0, 0.05) is 37.0 Å². The van der Waals surface area contributed by atoms with E-state index in [-0.39, 0.29) is 39.6 Å². The maximum atomic E-state index is 14.8. The maximum absolute atomic E-state index is 14.8. The summed E-state index contributed by atoms with van der Waals surface area (Å²) in [6.07, 6.45) is -3.23. The number of carboxylic acids is 1. The lowest BCUT2D eigenvalue weighted by Crippen LogP contribution is -2.46. The van der Waals surface area contributed by atoms with E-state index in [0.29, 0.717) is 55.0 Å².